The molecule has 0 N–H and O–H groups in total. The lowest BCUT2D eigenvalue weighted by Gasteiger charge is -2.38. The number of rotatable bonds is 4. The summed E-state index contributed by atoms with van der Waals surface area (Å²) in [4.78, 5) is 14.6. The molecule has 3 nitrogen and oxygen atoms in total. The highest BCUT2D eigenvalue weighted by Gasteiger charge is 2.42. The standard InChI is InChI=1S/C17H21ClFNO2/c1-22-14-9-12-4-5-13(10-14)20(12)17(21)7-3-11-2-6-15(18)16(19)8-11/h2,6,8,12-14H,3-5,7,9-10H2,1H3. The summed E-state index contributed by atoms with van der Waals surface area (Å²) in [6, 6.07) is 5.38. The van der Waals surface area contributed by atoms with Crippen molar-refractivity contribution < 1.29 is 13.9 Å². The summed E-state index contributed by atoms with van der Waals surface area (Å²) in [5.74, 6) is -0.245. The predicted octanol–water partition coefficient (Wildman–Crippen LogP) is 3.58. The van der Waals surface area contributed by atoms with E-state index in [9.17, 15) is 9.18 Å². The van der Waals surface area contributed by atoms with Crippen LogP contribution in [-0.4, -0.2) is 36.1 Å². The Kier molecular flexibility index (Phi) is 4.69. The normalized spacial score (nSPS) is 27.2. The minimum absolute atomic E-state index is 0.120. The highest BCUT2D eigenvalue weighted by atomic mass is 35.5. The Hall–Kier alpha value is -1.13. The molecule has 2 atom stereocenters. The summed E-state index contributed by atoms with van der Waals surface area (Å²) in [5, 5.41) is 0.120. The molecule has 0 spiro atoms. The van der Waals surface area contributed by atoms with E-state index in [1.807, 2.05) is 0 Å². The third kappa shape index (κ3) is 3.13. The van der Waals surface area contributed by atoms with Crippen molar-refractivity contribution in [1.29, 1.82) is 0 Å². The van der Waals surface area contributed by atoms with Crippen molar-refractivity contribution in [1.82, 2.24) is 4.90 Å². The fourth-order valence-corrected chi connectivity index (χ4v) is 3.92. The van der Waals surface area contributed by atoms with E-state index in [-0.39, 0.29) is 17.0 Å². The van der Waals surface area contributed by atoms with E-state index in [0.29, 0.717) is 24.9 Å². The first-order valence-corrected chi connectivity index (χ1v) is 8.24. The molecule has 0 aromatic heterocycles. The SMILES string of the molecule is COC1CC2CCC(C1)N2C(=O)CCc1ccc(Cl)c(F)c1. The Morgan fingerprint density at radius 2 is 2.05 bits per heavy atom. The maximum atomic E-state index is 13.4. The van der Waals surface area contributed by atoms with Crippen molar-refractivity contribution in [2.45, 2.75) is 56.7 Å². The molecular formula is C17H21ClFNO2. The Morgan fingerprint density at radius 3 is 2.64 bits per heavy atom. The highest BCUT2D eigenvalue weighted by Crippen LogP contribution is 2.37. The van der Waals surface area contributed by atoms with Gasteiger partial charge in [-0.2, -0.15) is 0 Å². The number of benzene rings is 1. The lowest BCUT2D eigenvalue weighted by atomic mass is 9.98. The smallest absolute Gasteiger partial charge is 0.223 e. The number of nitrogens with zero attached hydrogens (tertiary/aromatic N) is 1. The fraction of sp³-hybridized carbons (Fsp3) is 0.588. The van der Waals surface area contributed by atoms with Crippen LogP contribution in [0.1, 0.15) is 37.7 Å². The molecule has 1 aromatic rings. The third-order valence-corrected chi connectivity index (χ3v) is 5.23. The van der Waals surface area contributed by atoms with Crippen molar-refractivity contribution in [3.63, 3.8) is 0 Å². The molecule has 2 heterocycles. The van der Waals surface area contributed by atoms with Gasteiger partial charge in [-0.05, 0) is 49.8 Å². The minimum Gasteiger partial charge on any atom is -0.381 e. The molecule has 2 saturated heterocycles. The zero-order valence-electron chi connectivity index (χ0n) is 12.7. The molecule has 5 heteroatoms. The van der Waals surface area contributed by atoms with Crippen LogP contribution in [0, 0.1) is 5.82 Å². The average Bonchev–Trinajstić information content (AvgIpc) is 2.78. The third-order valence-electron chi connectivity index (χ3n) is 4.92. The zero-order valence-corrected chi connectivity index (χ0v) is 13.5. The molecule has 2 unspecified atom stereocenters. The molecule has 3 rings (SSSR count). The quantitative estimate of drug-likeness (QED) is 0.847. The zero-order chi connectivity index (χ0) is 15.7. The largest absolute Gasteiger partial charge is 0.381 e. The Balaban J connectivity index is 1.59. The number of carbonyl (C=O) groups excluding carboxylic acids is 1. The van der Waals surface area contributed by atoms with Crippen LogP contribution in [-0.2, 0) is 16.0 Å². The lowest BCUT2D eigenvalue weighted by molar-refractivity contribution is -0.137. The molecule has 120 valence electrons. The second-order valence-electron chi connectivity index (χ2n) is 6.26. The molecular weight excluding hydrogens is 305 g/mol. The van der Waals surface area contributed by atoms with Gasteiger partial charge in [-0.1, -0.05) is 17.7 Å². The number of aryl methyl sites for hydroxylation is 1. The van der Waals surface area contributed by atoms with E-state index in [1.165, 1.54) is 6.07 Å². The first-order valence-electron chi connectivity index (χ1n) is 7.86. The number of hydrogen-bond donors (Lipinski definition) is 0. The summed E-state index contributed by atoms with van der Waals surface area (Å²) in [7, 11) is 1.75. The summed E-state index contributed by atoms with van der Waals surface area (Å²) in [6.07, 6.45) is 5.29. The number of fused-ring (bicyclic) bond motifs is 2. The summed E-state index contributed by atoms with van der Waals surface area (Å²) in [5.41, 5.74) is 0.814. The number of carbonyl (C=O) groups is 1. The molecule has 1 aromatic carbocycles. The van der Waals surface area contributed by atoms with Crippen LogP contribution in [0.25, 0.3) is 0 Å². The second-order valence-corrected chi connectivity index (χ2v) is 6.67. The molecule has 0 saturated carbocycles. The Bertz CT molecular complexity index is 552. The van der Waals surface area contributed by atoms with Crippen LogP contribution < -0.4 is 0 Å². The van der Waals surface area contributed by atoms with Gasteiger partial charge < -0.3 is 9.64 Å². The monoisotopic (exact) mass is 325 g/mol. The lowest BCUT2D eigenvalue weighted by Crippen LogP contribution is -2.48. The van der Waals surface area contributed by atoms with Gasteiger partial charge in [0.05, 0.1) is 11.1 Å². The molecule has 22 heavy (non-hydrogen) atoms. The van der Waals surface area contributed by atoms with E-state index in [1.54, 1.807) is 19.2 Å². The van der Waals surface area contributed by atoms with E-state index in [2.05, 4.69) is 4.90 Å². The van der Waals surface area contributed by atoms with Crippen LogP contribution >= 0.6 is 11.6 Å². The molecule has 0 aliphatic carbocycles. The van der Waals surface area contributed by atoms with Gasteiger partial charge in [-0.25, -0.2) is 4.39 Å². The number of amides is 1. The van der Waals surface area contributed by atoms with Gasteiger partial charge in [0.2, 0.25) is 5.91 Å². The number of piperidine rings is 1. The van der Waals surface area contributed by atoms with Crippen LogP contribution in [0.5, 0.6) is 0 Å². The van der Waals surface area contributed by atoms with Gasteiger partial charge in [0, 0.05) is 25.6 Å². The molecule has 2 aliphatic heterocycles. The predicted molar refractivity (Wildman–Crippen MR) is 83.4 cm³/mol. The Morgan fingerprint density at radius 1 is 1.36 bits per heavy atom. The highest BCUT2D eigenvalue weighted by molar-refractivity contribution is 6.30. The number of hydrogen-bond acceptors (Lipinski definition) is 2. The number of methoxy groups -OCH3 is 1. The van der Waals surface area contributed by atoms with E-state index in [0.717, 1.165) is 31.2 Å². The van der Waals surface area contributed by atoms with Crippen molar-refractivity contribution in [3.05, 3.63) is 34.6 Å². The van der Waals surface area contributed by atoms with Gasteiger partial charge in [0.15, 0.2) is 0 Å². The minimum atomic E-state index is -0.424. The van der Waals surface area contributed by atoms with Gasteiger partial charge >= 0.3 is 0 Å². The summed E-state index contributed by atoms with van der Waals surface area (Å²) >= 11 is 5.68. The topological polar surface area (TPSA) is 29.5 Å². The van der Waals surface area contributed by atoms with Crippen LogP contribution in [0.2, 0.25) is 5.02 Å². The molecule has 0 radical (unpaired) electrons. The fourth-order valence-electron chi connectivity index (χ4n) is 3.80. The van der Waals surface area contributed by atoms with E-state index in [4.69, 9.17) is 16.3 Å². The maximum absolute atomic E-state index is 13.4. The second kappa shape index (κ2) is 6.55. The summed E-state index contributed by atoms with van der Waals surface area (Å²) < 4.78 is 18.9. The maximum Gasteiger partial charge on any atom is 0.223 e. The van der Waals surface area contributed by atoms with Crippen molar-refractivity contribution in [2.24, 2.45) is 0 Å². The van der Waals surface area contributed by atoms with Gasteiger partial charge in [0.25, 0.3) is 0 Å². The Labute approximate surface area is 135 Å². The first-order chi connectivity index (χ1) is 10.6. The van der Waals surface area contributed by atoms with Crippen LogP contribution in [0.4, 0.5) is 4.39 Å². The van der Waals surface area contributed by atoms with E-state index >= 15 is 0 Å². The van der Waals surface area contributed by atoms with Crippen LogP contribution in [0.15, 0.2) is 18.2 Å². The number of ether oxygens (including phenoxy) is 1. The van der Waals surface area contributed by atoms with Gasteiger partial charge in [-0.15, -0.1) is 0 Å². The molecule has 2 bridgehead atoms. The van der Waals surface area contributed by atoms with Crippen molar-refractivity contribution in [2.75, 3.05) is 7.11 Å². The number of halogens is 2. The van der Waals surface area contributed by atoms with Crippen molar-refractivity contribution >= 4 is 17.5 Å². The first kappa shape index (κ1) is 15.8. The van der Waals surface area contributed by atoms with Crippen molar-refractivity contribution in [3.8, 4) is 0 Å². The molecule has 2 aliphatic rings. The molecule has 2 fully saturated rings. The summed E-state index contributed by atoms with van der Waals surface area (Å²) in [6.45, 7) is 0. The van der Waals surface area contributed by atoms with Gasteiger partial charge in [0.1, 0.15) is 5.82 Å². The average molecular weight is 326 g/mol. The van der Waals surface area contributed by atoms with Gasteiger partial charge in [-0.3, -0.25) is 4.79 Å². The molecule has 1 amide bonds. The van der Waals surface area contributed by atoms with Crippen LogP contribution in [0.3, 0.4) is 0 Å². The van der Waals surface area contributed by atoms with E-state index < -0.39 is 5.82 Å².